The van der Waals surface area contributed by atoms with E-state index >= 15 is 0 Å². The van der Waals surface area contributed by atoms with Crippen molar-refractivity contribution in [1.82, 2.24) is 10.4 Å². The molecule has 0 aliphatic carbocycles. The Bertz CT molecular complexity index is 164. The average molecular weight is 110 g/mol. The highest BCUT2D eigenvalue weighted by Gasteiger charge is 2.37. The molecule has 1 unspecified atom stereocenters. The number of hydrogen-bond donors (Lipinski definition) is 1. The minimum Gasteiger partial charge on any atom is -0.325 e. The standard InChI is InChI=1S/C5H6N2O/c8-5-3-7-4(5)1-2-6-7/h1-2,4,6H,3H2. The number of hydrazine groups is 1. The van der Waals surface area contributed by atoms with Crippen LogP contribution in [0.4, 0.5) is 0 Å². The molecule has 0 saturated carbocycles. The second-order valence-electron chi connectivity index (χ2n) is 2.03. The highest BCUT2D eigenvalue weighted by Crippen LogP contribution is 2.14. The van der Waals surface area contributed by atoms with Crippen LogP contribution in [0.15, 0.2) is 12.3 Å². The molecule has 0 aromatic rings. The topological polar surface area (TPSA) is 32.3 Å². The maximum Gasteiger partial charge on any atom is 0.171 e. The predicted molar refractivity (Wildman–Crippen MR) is 27.8 cm³/mol. The molecule has 3 heteroatoms. The van der Waals surface area contributed by atoms with Crippen LogP contribution in [-0.4, -0.2) is 23.4 Å². The van der Waals surface area contributed by atoms with E-state index in [1.54, 1.807) is 6.20 Å². The Morgan fingerprint density at radius 3 is 3.25 bits per heavy atom. The minimum absolute atomic E-state index is 0.0648. The molecule has 1 atom stereocenters. The molecule has 3 nitrogen and oxygen atoms in total. The van der Waals surface area contributed by atoms with E-state index in [4.69, 9.17) is 0 Å². The van der Waals surface area contributed by atoms with E-state index in [9.17, 15) is 4.79 Å². The zero-order valence-corrected chi connectivity index (χ0v) is 4.29. The van der Waals surface area contributed by atoms with Gasteiger partial charge in [-0.1, -0.05) is 0 Å². The van der Waals surface area contributed by atoms with E-state index in [-0.39, 0.29) is 6.04 Å². The number of hydrogen-bond acceptors (Lipinski definition) is 3. The number of ketones is 1. The number of fused-ring (bicyclic) bond motifs is 1. The molecular weight excluding hydrogens is 104 g/mol. The number of carbonyl (C=O) groups is 1. The Kier molecular flexibility index (Phi) is 0.569. The summed E-state index contributed by atoms with van der Waals surface area (Å²) in [5.41, 5.74) is 2.92. The van der Waals surface area contributed by atoms with Crippen molar-refractivity contribution in [2.75, 3.05) is 6.54 Å². The van der Waals surface area contributed by atoms with Gasteiger partial charge in [0, 0.05) is 6.20 Å². The Balaban J connectivity index is 2.21. The molecule has 8 heavy (non-hydrogen) atoms. The van der Waals surface area contributed by atoms with E-state index in [2.05, 4.69) is 5.43 Å². The van der Waals surface area contributed by atoms with Crippen LogP contribution in [0, 0.1) is 0 Å². The highest BCUT2D eigenvalue weighted by molar-refractivity contribution is 5.93. The largest absolute Gasteiger partial charge is 0.325 e. The maximum absolute atomic E-state index is 10.6. The summed E-state index contributed by atoms with van der Waals surface area (Å²) in [6, 6.07) is 0.0648. The van der Waals surface area contributed by atoms with Gasteiger partial charge in [-0.25, -0.2) is 5.01 Å². The molecule has 0 aromatic carbocycles. The summed E-state index contributed by atoms with van der Waals surface area (Å²) in [5, 5.41) is 1.89. The first-order chi connectivity index (χ1) is 3.88. The van der Waals surface area contributed by atoms with Crippen molar-refractivity contribution in [3.63, 3.8) is 0 Å². The Morgan fingerprint density at radius 1 is 1.88 bits per heavy atom. The van der Waals surface area contributed by atoms with Crippen molar-refractivity contribution >= 4 is 5.78 Å². The van der Waals surface area contributed by atoms with Crippen LogP contribution in [0.2, 0.25) is 0 Å². The minimum atomic E-state index is 0.0648. The van der Waals surface area contributed by atoms with Gasteiger partial charge < -0.3 is 5.43 Å². The average Bonchev–Trinajstić information content (AvgIpc) is 2.09. The summed E-state index contributed by atoms with van der Waals surface area (Å²) in [6.07, 6.45) is 3.67. The number of rotatable bonds is 0. The predicted octanol–water partition coefficient (Wildman–Crippen LogP) is -0.728. The van der Waals surface area contributed by atoms with Gasteiger partial charge in [-0.2, -0.15) is 0 Å². The van der Waals surface area contributed by atoms with E-state index in [0.717, 1.165) is 0 Å². The van der Waals surface area contributed by atoms with Gasteiger partial charge in [-0.3, -0.25) is 4.79 Å². The van der Waals surface area contributed by atoms with Crippen molar-refractivity contribution < 1.29 is 4.79 Å². The molecule has 2 aliphatic rings. The van der Waals surface area contributed by atoms with Crippen LogP contribution < -0.4 is 5.43 Å². The third-order valence-electron chi connectivity index (χ3n) is 1.51. The zero-order valence-electron chi connectivity index (χ0n) is 4.29. The molecule has 1 saturated heterocycles. The first-order valence-corrected chi connectivity index (χ1v) is 2.60. The molecule has 1 fully saturated rings. The molecule has 0 radical (unpaired) electrons. The van der Waals surface area contributed by atoms with Crippen LogP contribution in [0.5, 0.6) is 0 Å². The highest BCUT2D eigenvalue weighted by atomic mass is 16.1. The molecule has 0 bridgehead atoms. The smallest absolute Gasteiger partial charge is 0.171 e. The lowest BCUT2D eigenvalue weighted by molar-refractivity contribution is -0.134. The van der Waals surface area contributed by atoms with Gasteiger partial charge in [0.2, 0.25) is 0 Å². The Labute approximate surface area is 46.9 Å². The van der Waals surface area contributed by atoms with Gasteiger partial charge in [0.25, 0.3) is 0 Å². The van der Waals surface area contributed by atoms with Gasteiger partial charge in [-0.15, -0.1) is 0 Å². The number of nitrogens with one attached hydrogen (secondary N) is 1. The van der Waals surface area contributed by atoms with Gasteiger partial charge in [-0.05, 0) is 6.08 Å². The second kappa shape index (κ2) is 1.11. The summed E-state index contributed by atoms with van der Waals surface area (Å²) in [7, 11) is 0. The normalized spacial score (nSPS) is 34.0. The first-order valence-electron chi connectivity index (χ1n) is 2.60. The van der Waals surface area contributed by atoms with Crippen molar-refractivity contribution in [3.8, 4) is 0 Å². The third kappa shape index (κ3) is 0.305. The summed E-state index contributed by atoms with van der Waals surface area (Å²) in [6.45, 7) is 0.567. The fourth-order valence-electron chi connectivity index (χ4n) is 0.988. The number of Topliss-reactive ketones (excluding diaryl/α,β-unsaturated/α-hetero) is 1. The fraction of sp³-hybridized carbons (Fsp3) is 0.400. The van der Waals surface area contributed by atoms with Gasteiger partial charge >= 0.3 is 0 Å². The Morgan fingerprint density at radius 2 is 2.75 bits per heavy atom. The molecule has 2 heterocycles. The molecule has 42 valence electrons. The SMILES string of the molecule is O=C1CN2NC=CC12. The summed E-state index contributed by atoms with van der Waals surface area (Å²) in [5.74, 6) is 0.311. The van der Waals surface area contributed by atoms with E-state index in [0.29, 0.717) is 12.3 Å². The Hall–Kier alpha value is -0.830. The quantitative estimate of drug-likeness (QED) is 0.446. The summed E-state index contributed by atoms with van der Waals surface area (Å²) >= 11 is 0. The molecule has 1 N–H and O–H groups in total. The molecular formula is C5H6N2O. The van der Waals surface area contributed by atoms with Crippen molar-refractivity contribution in [2.24, 2.45) is 0 Å². The lowest BCUT2D eigenvalue weighted by Gasteiger charge is -2.31. The molecule has 2 rings (SSSR count). The lowest BCUT2D eigenvalue weighted by Crippen LogP contribution is -2.57. The fourth-order valence-corrected chi connectivity index (χ4v) is 0.988. The summed E-state index contributed by atoms with van der Waals surface area (Å²) in [4.78, 5) is 10.6. The van der Waals surface area contributed by atoms with Crippen LogP contribution in [0.1, 0.15) is 0 Å². The van der Waals surface area contributed by atoms with Crippen LogP contribution >= 0.6 is 0 Å². The molecule has 2 aliphatic heterocycles. The number of carbonyl (C=O) groups excluding carboxylic acids is 1. The molecule has 0 aromatic heterocycles. The molecule has 0 amide bonds. The van der Waals surface area contributed by atoms with E-state index < -0.39 is 0 Å². The van der Waals surface area contributed by atoms with E-state index in [1.807, 2.05) is 11.1 Å². The van der Waals surface area contributed by atoms with Crippen molar-refractivity contribution in [1.29, 1.82) is 0 Å². The maximum atomic E-state index is 10.6. The lowest BCUT2D eigenvalue weighted by atomic mass is 10.1. The summed E-state index contributed by atoms with van der Waals surface area (Å²) < 4.78 is 0. The van der Waals surface area contributed by atoms with Gasteiger partial charge in [0.15, 0.2) is 5.78 Å². The molecule has 0 spiro atoms. The van der Waals surface area contributed by atoms with Crippen LogP contribution in [0.3, 0.4) is 0 Å². The second-order valence-corrected chi connectivity index (χ2v) is 2.03. The van der Waals surface area contributed by atoms with Gasteiger partial charge in [0.05, 0.1) is 6.54 Å². The third-order valence-corrected chi connectivity index (χ3v) is 1.51. The van der Waals surface area contributed by atoms with Crippen LogP contribution in [-0.2, 0) is 4.79 Å². The first kappa shape index (κ1) is 4.09. The monoisotopic (exact) mass is 110 g/mol. The van der Waals surface area contributed by atoms with Gasteiger partial charge in [0.1, 0.15) is 6.04 Å². The van der Waals surface area contributed by atoms with Crippen LogP contribution in [0.25, 0.3) is 0 Å². The zero-order chi connectivity index (χ0) is 5.56. The van der Waals surface area contributed by atoms with E-state index in [1.165, 1.54) is 0 Å². The van der Waals surface area contributed by atoms with Crippen molar-refractivity contribution in [2.45, 2.75) is 6.04 Å². The van der Waals surface area contributed by atoms with Crippen molar-refractivity contribution in [3.05, 3.63) is 12.3 Å². The number of nitrogens with zero attached hydrogens (tertiary/aromatic N) is 1.